The van der Waals surface area contributed by atoms with Gasteiger partial charge in [0.1, 0.15) is 0 Å². The van der Waals surface area contributed by atoms with E-state index in [2.05, 4.69) is 22.1 Å². The second-order valence-electron chi connectivity index (χ2n) is 3.72. The highest BCUT2D eigenvalue weighted by atomic mass is 32.1. The summed E-state index contributed by atoms with van der Waals surface area (Å²) < 4.78 is 11.1. The third-order valence-corrected chi connectivity index (χ3v) is 3.43. The van der Waals surface area contributed by atoms with Crippen LogP contribution < -0.4 is 5.32 Å². The molecular formula is C11H17NO2S. The van der Waals surface area contributed by atoms with E-state index in [0.717, 1.165) is 13.0 Å². The zero-order valence-electron chi connectivity index (χ0n) is 8.94. The Morgan fingerprint density at radius 1 is 1.60 bits per heavy atom. The minimum atomic E-state index is 0.184. The van der Waals surface area contributed by atoms with Crippen molar-refractivity contribution in [2.75, 3.05) is 26.9 Å². The molecule has 1 N–H and O–H groups in total. The van der Waals surface area contributed by atoms with Crippen molar-refractivity contribution in [3.05, 3.63) is 22.4 Å². The lowest BCUT2D eigenvalue weighted by Crippen LogP contribution is -2.46. The average molecular weight is 227 g/mol. The molecule has 1 aliphatic rings. The molecule has 1 aromatic heterocycles. The van der Waals surface area contributed by atoms with Crippen molar-refractivity contribution in [2.45, 2.75) is 18.6 Å². The molecule has 2 unspecified atom stereocenters. The van der Waals surface area contributed by atoms with Gasteiger partial charge in [-0.25, -0.2) is 0 Å². The number of ether oxygens (including phenoxy) is 2. The van der Waals surface area contributed by atoms with Crippen LogP contribution in [0.5, 0.6) is 0 Å². The summed E-state index contributed by atoms with van der Waals surface area (Å²) in [5, 5.41) is 7.61. The molecule has 0 amide bonds. The van der Waals surface area contributed by atoms with E-state index in [4.69, 9.17) is 9.47 Å². The van der Waals surface area contributed by atoms with E-state index in [1.54, 1.807) is 11.3 Å². The standard InChI is InChI=1S/C11H17NO2S/c1-12-10(6-9-2-5-15-8-9)11-7-13-3-4-14-11/h2,5,8,10-12H,3-4,6-7H2,1H3. The number of likely N-dealkylation sites (N-methyl/N-ethyl adjacent to an activating group) is 1. The van der Waals surface area contributed by atoms with Gasteiger partial charge >= 0.3 is 0 Å². The van der Waals surface area contributed by atoms with Crippen LogP contribution >= 0.6 is 11.3 Å². The molecule has 0 saturated carbocycles. The van der Waals surface area contributed by atoms with E-state index < -0.39 is 0 Å². The van der Waals surface area contributed by atoms with Crippen molar-refractivity contribution in [3.63, 3.8) is 0 Å². The van der Waals surface area contributed by atoms with Gasteiger partial charge in [-0.15, -0.1) is 0 Å². The molecule has 0 radical (unpaired) electrons. The van der Waals surface area contributed by atoms with Gasteiger partial charge in [0, 0.05) is 6.04 Å². The normalized spacial score (nSPS) is 23.9. The molecule has 1 aromatic rings. The zero-order chi connectivity index (χ0) is 10.5. The van der Waals surface area contributed by atoms with Crippen LogP contribution in [-0.2, 0) is 15.9 Å². The van der Waals surface area contributed by atoms with Gasteiger partial charge in [0.25, 0.3) is 0 Å². The Kier molecular flexibility index (Phi) is 4.14. The summed E-state index contributed by atoms with van der Waals surface area (Å²) in [6, 6.07) is 2.51. The Labute approximate surface area is 94.4 Å². The lowest BCUT2D eigenvalue weighted by atomic mass is 10.0. The van der Waals surface area contributed by atoms with Gasteiger partial charge in [0.15, 0.2) is 0 Å². The summed E-state index contributed by atoms with van der Waals surface area (Å²) >= 11 is 1.74. The Balaban J connectivity index is 1.91. The molecule has 2 atom stereocenters. The molecule has 0 aromatic carbocycles. The summed E-state index contributed by atoms with van der Waals surface area (Å²) in [4.78, 5) is 0. The van der Waals surface area contributed by atoms with Gasteiger partial charge in [-0.1, -0.05) is 0 Å². The van der Waals surface area contributed by atoms with Crippen LogP contribution in [0, 0.1) is 0 Å². The van der Waals surface area contributed by atoms with Crippen molar-refractivity contribution < 1.29 is 9.47 Å². The molecule has 3 nitrogen and oxygen atoms in total. The molecule has 1 aliphatic heterocycles. The van der Waals surface area contributed by atoms with Gasteiger partial charge in [-0.2, -0.15) is 11.3 Å². The van der Waals surface area contributed by atoms with Crippen molar-refractivity contribution in [2.24, 2.45) is 0 Å². The molecule has 15 heavy (non-hydrogen) atoms. The van der Waals surface area contributed by atoms with E-state index >= 15 is 0 Å². The third-order valence-electron chi connectivity index (χ3n) is 2.70. The van der Waals surface area contributed by atoms with Crippen molar-refractivity contribution in [1.29, 1.82) is 0 Å². The largest absolute Gasteiger partial charge is 0.376 e. The van der Waals surface area contributed by atoms with Crippen LogP contribution in [0.1, 0.15) is 5.56 Å². The Hall–Kier alpha value is -0.420. The summed E-state index contributed by atoms with van der Waals surface area (Å²) in [5.41, 5.74) is 1.37. The number of thiophene rings is 1. The topological polar surface area (TPSA) is 30.5 Å². The van der Waals surface area contributed by atoms with E-state index in [9.17, 15) is 0 Å². The van der Waals surface area contributed by atoms with Crippen LogP contribution in [0.3, 0.4) is 0 Å². The molecule has 2 rings (SSSR count). The monoisotopic (exact) mass is 227 g/mol. The minimum Gasteiger partial charge on any atom is -0.376 e. The lowest BCUT2D eigenvalue weighted by Gasteiger charge is -2.30. The highest BCUT2D eigenvalue weighted by molar-refractivity contribution is 7.07. The first-order chi connectivity index (χ1) is 7.40. The maximum atomic E-state index is 5.70. The minimum absolute atomic E-state index is 0.184. The van der Waals surface area contributed by atoms with Crippen molar-refractivity contribution in [1.82, 2.24) is 5.32 Å². The van der Waals surface area contributed by atoms with Gasteiger partial charge in [-0.05, 0) is 35.9 Å². The molecule has 0 bridgehead atoms. The maximum absolute atomic E-state index is 5.70. The average Bonchev–Trinajstić information content (AvgIpc) is 2.80. The first-order valence-corrected chi connectivity index (χ1v) is 6.22. The second-order valence-corrected chi connectivity index (χ2v) is 4.50. The van der Waals surface area contributed by atoms with Gasteiger partial charge in [-0.3, -0.25) is 0 Å². The van der Waals surface area contributed by atoms with Crippen LogP contribution in [-0.4, -0.2) is 39.0 Å². The summed E-state index contributed by atoms with van der Waals surface area (Å²) in [7, 11) is 1.98. The molecule has 4 heteroatoms. The maximum Gasteiger partial charge on any atom is 0.0965 e. The third kappa shape index (κ3) is 3.01. The molecule has 2 heterocycles. The zero-order valence-corrected chi connectivity index (χ0v) is 9.76. The van der Waals surface area contributed by atoms with Gasteiger partial charge in [0.2, 0.25) is 0 Å². The van der Waals surface area contributed by atoms with Crippen LogP contribution in [0.2, 0.25) is 0 Å². The van der Waals surface area contributed by atoms with Gasteiger partial charge in [0.05, 0.1) is 25.9 Å². The summed E-state index contributed by atoms with van der Waals surface area (Å²) in [5.74, 6) is 0. The van der Waals surface area contributed by atoms with E-state index in [1.807, 2.05) is 7.05 Å². The number of rotatable bonds is 4. The van der Waals surface area contributed by atoms with Crippen LogP contribution in [0.25, 0.3) is 0 Å². The fourth-order valence-corrected chi connectivity index (χ4v) is 2.50. The molecule has 1 saturated heterocycles. The van der Waals surface area contributed by atoms with Crippen molar-refractivity contribution >= 4 is 11.3 Å². The van der Waals surface area contributed by atoms with Gasteiger partial charge < -0.3 is 14.8 Å². The number of hydrogen-bond donors (Lipinski definition) is 1. The Bertz CT molecular complexity index is 270. The second kappa shape index (κ2) is 5.61. The molecule has 0 spiro atoms. The molecule has 84 valence electrons. The van der Waals surface area contributed by atoms with E-state index in [1.165, 1.54) is 5.56 Å². The first kappa shape index (κ1) is 11.1. The molecule has 1 fully saturated rings. The number of nitrogens with one attached hydrogen (secondary N) is 1. The molecule has 0 aliphatic carbocycles. The molecular weight excluding hydrogens is 210 g/mol. The predicted octanol–water partition coefficient (Wildman–Crippen LogP) is 1.29. The van der Waals surface area contributed by atoms with E-state index in [0.29, 0.717) is 19.3 Å². The first-order valence-electron chi connectivity index (χ1n) is 5.28. The Morgan fingerprint density at radius 2 is 2.53 bits per heavy atom. The fraction of sp³-hybridized carbons (Fsp3) is 0.636. The highest BCUT2D eigenvalue weighted by Crippen LogP contribution is 2.13. The smallest absolute Gasteiger partial charge is 0.0965 e. The van der Waals surface area contributed by atoms with Crippen LogP contribution in [0.15, 0.2) is 16.8 Å². The number of hydrogen-bond acceptors (Lipinski definition) is 4. The van der Waals surface area contributed by atoms with Crippen molar-refractivity contribution in [3.8, 4) is 0 Å². The predicted molar refractivity (Wildman–Crippen MR) is 61.4 cm³/mol. The van der Waals surface area contributed by atoms with Crippen LogP contribution in [0.4, 0.5) is 0 Å². The highest BCUT2D eigenvalue weighted by Gasteiger charge is 2.23. The fourth-order valence-electron chi connectivity index (χ4n) is 1.82. The Morgan fingerprint density at radius 3 is 3.13 bits per heavy atom. The SMILES string of the molecule is CNC(Cc1ccsc1)C1COCCO1. The quantitative estimate of drug-likeness (QED) is 0.841. The summed E-state index contributed by atoms with van der Waals surface area (Å²) in [6.07, 6.45) is 1.19. The summed E-state index contributed by atoms with van der Waals surface area (Å²) in [6.45, 7) is 2.15. The van der Waals surface area contributed by atoms with E-state index in [-0.39, 0.29) is 6.10 Å². The lowest BCUT2D eigenvalue weighted by molar-refractivity contribution is -0.100.